The molecule has 1 aliphatic carbocycles. The van der Waals surface area contributed by atoms with Crippen molar-refractivity contribution in [2.45, 2.75) is 25.7 Å². The number of aromatic nitrogens is 2. The van der Waals surface area contributed by atoms with E-state index in [4.69, 9.17) is 5.10 Å². The molecule has 3 heterocycles. The fourth-order valence-corrected chi connectivity index (χ4v) is 4.82. The van der Waals surface area contributed by atoms with Crippen molar-refractivity contribution in [1.29, 1.82) is 0 Å². The van der Waals surface area contributed by atoms with Gasteiger partial charge in [-0.1, -0.05) is 24.3 Å². The summed E-state index contributed by atoms with van der Waals surface area (Å²) in [5.74, 6) is 0.557. The van der Waals surface area contributed by atoms with E-state index in [0.29, 0.717) is 30.3 Å². The fourth-order valence-electron chi connectivity index (χ4n) is 4.10. The highest BCUT2D eigenvalue weighted by Gasteiger charge is 2.32. The molecule has 160 valence electrons. The zero-order chi connectivity index (χ0) is 21.2. The standard InChI is InChI=1S/C24H26N4O2S/c29-23(25-14-17-10-11-17)18-6-4-12-27(15-18)24(30)20-16-28(19-7-2-1-3-8-19)26-22(20)21-9-5-13-31-21/h1-3,5,7-9,13,16-18H,4,6,10-12,14-15H2,(H,25,29)/t18-/m1/s1. The first-order valence-electron chi connectivity index (χ1n) is 10.9. The SMILES string of the molecule is O=C(NCC1CC1)[C@@H]1CCCN(C(=O)c2cn(-c3ccccc3)nc2-c2cccs2)C1. The average Bonchev–Trinajstić information content (AvgIpc) is 3.29. The molecule has 2 amide bonds. The molecule has 31 heavy (non-hydrogen) atoms. The molecule has 0 spiro atoms. The molecular formula is C24H26N4O2S. The van der Waals surface area contributed by atoms with Gasteiger partial charge in [0.1, 0.15) is 5.69 Å². The van der Waals surface area contributed by atoms with E-state index in [-0.39, 0.29) is 17.7 Å². The number of likely N-dealkylation sites (tertiary alicyclic amines) is 1. The maximum Gasteiger partial charge on any atom is 0.257 e. The van der Waals surface area contributed by atoms with Crippen LogP contribution < -0.4 is 5.32 Å². The number of benzene rings is 1. The normalized spacial score (nSPS) is 18.7. The molecule has 2 fully saturated rings. The van der Waals surface area contributed by atoms with Crippen molar-refractivity contribution >= 4 is 23.2 Å². The minimum Gasteiger partial charge on any atom is -0.356 e. The van der Waals surface area contributed by atoms with Crippen LogP contribution in [0.25, 0.3) is 16.3 Å². The molecule has 0 radical (unpaired) electrons. The van der Waals surface area contributed by atoms with Gasteiger partial charge >= 0.3 is 0 Å². The lowest BCUT2D eigenvalue weighted by atomic mass is 9.96. The first-order chi connectivity index (χ1) is 15.2. The average molecular weight is 435 g/mol. The van der Waals surface area contributed by atoms with Gasteiger partial charge in [-0.2, -0.15) is 5.10 Å². The molecule has 1 saturated heterocycles. The Balaban J connectivity index is 1.38. The molecule has 1 N–H and O–H groups in total. The summed E-state index contributed by atoms with van der Waals surface area (Å²) >= 11 is 1.57. The van der Waals surface area contributed by atoms with E-state index in [2.05, 4.69) is 5.32 Å². The van der Waals surface area contributed by atoms with Gasteiger partial charge in [-0.15, -0.1) is 11.3 Å². The van der Waals surface area contributed by atoms with E-state index in [1.54, 1.807) is 16.0 Å². The van der Waals surface area contributed by atoms with Crippen LogP contribution in [0.2, 0.25) is 0 Å². The number of amides is 2. The van der Waals surface area contributed by atoms with E-state index >= 15 is 0 Å². The Morgan fingerprint density at radius 2 is 1.94 bits per heavy atom. The molecule has 1 atom stereocenters. The third-order valence-electron chi connectivity index (χ3n) is 6.06. The molecule has 1 saturated carbocycles. The molecule has 6 nitrogen and oxygen atoms in total. The largest absolute Gasteiger partial charge is 0.356 e. The van der Waals surface area contributed by atoms with Gasteiger partial charge in [-0.05, 0) is 55.2 Å². The maximum atomic E-state index is 13.6. The molecule has 3 aromatic rings. The van der Waals surface area contributed by atoms with E-state index in [1.165, 1.54) is 12.8 Å². The van der Waals surface area contributed by atoms with E-state index in [1.807, 2.05) is 58.9 Å². The molecule has 1 aromatic carbocycles. The lowest BCUT2D eigenvalue weighted by Crippen LogP contribution is -2.45. The van der Waals surface area contributed by atoms with Gasteiger partial charge in [0.2, 0.25) is 5.91 Å². The van der Waals surface area contributed by atoms with Gasteiger partial charge in [0.25, 0.3) is 5.91 Å². The Morgan fingerprint density at radius 3 is 2.68 bits per heavy atom. The van der Waals surface area contributed by atoms with Gasteiger partial charge < -0.3 is 10.2 Å². The lowest BCUT2D eigenvalue weighted by molar-refractivity contribution is -0.126. The van der Waals surface area contributed by atoms with Crippen LogP contribution in [0.1, 0.15) is 36.0 Å². The Hall–Kier alpha value is -2.93. The van der Waals surface area contributed by atoms with Crippen molar-refractivity contribution in [3.05, 3.63) is 59.6 Å². The summed E-state index contributed by atoms with van der Waals surface area (Å²) in [4.78, 5) is 29.0. The Kier molecular flexibility index (Phi) is 5.59. The van der Waals surface area contributed by atoms with Crippen molar-refractivity contribution < 1.29 is 9.59 Å². The number of hydrogen-bond donors (Lipinski definition) is 1. The fraction of sp³-hybridized carbons (Fsp3) is 0.375. The molecule has 2 aromatic heterocycles. The Bertz CT molecular complexity index is 1060. The second-order valence-corrected chi connectivity index (χ2v) is 9.38. The minimum absolute atomic E-state index is 0.0507. The predicted molar refractivity (Wildman–Crippen MR) is 121 cm³/mol. The zero-order valence-corrected chi connectivity index (χ0v) is 18.2. The lowest BCUT2D eigenvalue weighted by Gasteiger charge is -2.32. The highest BCUT2D eigenvalue weighted by Crippen LogP contribution is 2.30. The summed E-state index contributed by atoms with van der Waals surface area (Å²) < 4.78 is 1.77. The second-order valence-electron chi connectivity index (χ2n) is 8.43. The van der Waals surface area contributed by atoms with E-state index < -0.39 is 0 Å². The summed E-state index contributed by atoms with van der Waals surface area (Å²) in [6, 6.07) is 13.8. The first kappa shape index (κ1) is 20.0. The van der Waals surface area contributed by atoms with Crippen molar-refractivity contribution in [1.82, 2.24) is 20.0 Å². The highest BCUT2D eigenvalue weighted by atomic mass is 32.1. The zero-order valence-electron chi connectivity index (χ0n) is 17.4. The van der Waals surface area contributed by atoms with Crippen LogP contribution >= 0.6 is 11.3 Å². The Labute approximate surface area is 185 Å². The van der Waals surface area contributed by atoms with Crippen LogP contribution in [-0.4, -0.2) is 46.1 Å². The van der Waals surface area contributed by atoms with Crippen LogP contribution in [0.4, 0.5) is 0 Å². The number of carbonyl (C=O) groups is 2. The number of hydrogen-bond acceptors (Lipinski definition) is 4. The Morgan fingerprint density at radius 1 is 1.10 bits per heavy atom. The van der Waals surface area contributed by atoms with Gasteiger partial charge in [0.15, 0.2) is 0 Å². The summed E-state index contributed by atoms with van der Waals surface area (Å²) in [7, 11) is 0. The smallest absolute Gasteiger partial charge is 0.257 e. The van der Waals surface area contributed by atoms with Crippen molar-refractivity contribution in [2.75, 3.05) is 19.6 Å². The van der Waals surface area contributed by atoms with Gasteiger partial charge in [0, 0.05) is 25.8 Å². The molecule has 2 aliphatic rings. The molecule has 1 aliphatic heterocycles. The van der Waals surface area contributed by atoms with Gasteiger partial charge in [-0.3, -0.25) is 9.59 Å². The highest BCUT2D eigenvalue weighted by molar-refractivity contribution is 7.13. The third-order valence-corrected chi connectivity index (χ3v) is 6.94. The topological polar surface area (TPSA) is 67.2 Å². The molecule has 0 bridgehead atoms. The molecule has 5 rings (SSSR count). The van der Waals surface area contributed by atoms with Crippen molar-refractivity contribution in [3.8, 4) is 16.3 Å². The van der Waals surface area contributed by atoms with E-state index in [9.17, 15) is 9.59 Å². The number of piperidine rings is 1. The van der Waals surface area contributed by atoms with Crippen LogP contribution in [0, 0.1) is 11.8 Å². The number of carbonyl (C=O) groups excluding carboxylic acids is 2. The number of para-hydroxylation sites is 1. The maximum absolute atomic E-state index is 13.6. The quantitative estimate of drug-likeness (QED) is 0.638. The number of rotatable bonds is 6. The summed E-state index contributed by atoms with van der Waals surface area (Å²) in [6.07, 6.45) is 5.93. The monoisotopic (exact) mass is 434 g/mol. The minimum atomic E-state index is -0.134. The number of nitrogens with zero attached hydrogens (tertiary/aromatic N) is 3. The third kappa shape index (κ3) is 4.42. The van der Waals surface area contributed by atoms with Crippen LogP contribution in [-0.2, 0) is 4.79 Å². The van der Waals surface area contributed by atoms with Gasteiger partial charge in [0.05, 0.1) is 22.0 Å². The van der Waals surface area contributed by atoms with Crippen LogP contribution in [0.5, 0.6) is 0 Å². The molecule has 0 unspecified atom stereocenters. The van der Waals surface area contributed by atoms with Gasteiger partial charge in [-0.25, -0.2) is 4.68 Å². The summed E-state index contributed by atoms with van der Waals surface area (Å²) in [6.45, 7) is 1.91. The van der Waals surface area contributed by atoms with Crippen molar-refractivity contribution in [2.24, 2.45) is 11.8 Å². The number of nitrogens with one attached hydrogen (secondary N) is 1. The molecule has 7 heteroatoms. The molecular weight excluding hydrogens is 408 g/mol. The summed E-state index contributed by atoms with van der Waals surface area (Å²) in [5, 5.41) is 9.82. The number of thiophene rings is 1. The first-order valence-corrected chi connectivity index (χ1v) is 11.8. The van der Waals surface area contributed by atoms with Crippen LogP contribution in [0.15, 0.2) is 54.0 Å². The predicted octanol–water partition coefficient (Wildman–Crippen LogP) is 3.98. The summed E-state index contributed by atoms with van der Waals surface area (Å²) in [5.41, 5.74) is 2.20. The second kappa shape index (κ2) is 8.67. The van der Waals surface area contributed by atoms with Crippen LogP contribution in [0.3, 0.4) is 0 Å². The van der Waals surface area contributed by atoms with E-state index in [0.717, 1.165) is 30.0 Å². The van der Waals surface area contributed by atoms with Crippen molar-refractivity contribution in [3.63, 3.8) is 0 Å².